The summed E-state index contributed by atoms with van der Waals surface area (Å²) >= 11 is 1.35. The molecular formula is C21H21N3O3S. The summed E-state index contributed by atoms with van der Waals surface area (Å²) in [4.78, 5) is 31.3. The Bertz CT molecular complexity index is 968. The first-order valence-electron chi connectivity index (χ1n) is 9.28. The fraction of sp³-hybridized carbons (Fsp3) is 0.286. The number of nitrogens with one attached hydrogen (secondary N) is 1. The summed E-state index contributed by atoms with van der Waals surface area (Å²) in [7, 11) is 0. The average Bonchev–Trinajstić information content (AvgIpc) is 3.41. The van der Waals surface area contributed by atoms with Crippen molar-refractivity contribution in [2.75, 3.05) is 25.0 Å². The molecule has 1 atom stereocenters. The first kappa shape index (κ1) is 18.6. The van der Waals surface area contributed by atoms with Gasteiger partial charge in [-0.25, -0.2) is 4.98 Å². The third-order valence-electron chi connectivity index (χ3n) is 4.74. The molecule has 7 heteroatoms. The van der Waals surface area contributed by atoms with E-state index < -0.39 is 0 Å². The molecule has 2 amide bonds. The van der Waals surface area contributed by atoms with Crippen molar-refractivity contribution in [3.63, 3.8) is 0 Å². The number of hydrogen-bond acceptors (Lipinski definition) is 5. The zero-order chi connectivity index (χ0) is 19.3. The number of benzene rings is 2. The summed E-state index contributed by atoms with van der Waals surface area (Å²) in [5.41, 5.74) is 0.568. The first-order chi connectivity index (χ1) is 13.7. The van der Waals surface area contributed by atoms with E-state index in [1.165, 1.54) is 11.3 Å². The molecule has 2 heterocycles. The molecule has 0 radical (unpaired) electrons. The summed E-state index contributed by atoms with van der Waals surface area (Å²) in [6.45, 7) is 1.07. The topological polar surface area (TPSA) is 71.5 Å². The van der Waals surface area contributed by atoms with Crippen molar-refractivity contribution in [2.45, 2.75) is 18.9 Å². The van der Waals surface area contributed by atoms with Crippen molar-refractivity contribution in [1.82, 2.24) is 9.88 Å². The van der Waals surface area contributed by atoms with Gasteiger partial charge in [-0.15, -0.1) is 11.3 Å². The Morgan fingerprint density at radius 1 is 1.21 bits per heavy atom. The molecule has 1 aliphatic rings. The summed E-state index contributed by atoms with van der Waals surface area (Å²) in [5, 5.41) is 7.14. The molecule has 0 spiro atoms. The van der Waals surface area contributed by atoms with E-state index in [9.17, 15) is 9.59 Å². The predicted molar refractivity (Wildman–Crippen MR) is 110 cm³/mol. The highest BCUT2D eigenvalue weighted by Gasteiger charge is 2.25. The molecule has 144 valence electrons. The van der Waals surface area contributed by atoms with E-state index in [0.717, 1.165) is 23.6 Å². The molecular weight excluding hydrogens is 374 g/mol. The highest BCUT2D eigenvalue weighted by Crippen LogP contribution is 2.19. The van der Waals surface area contributed by atoms with Crippen LogP contribution in [-0.2, 0) is 9.53 Å². The second kappa shape index (κ2) is 8.50. The Kier molecular flexibility index (Phi) is 5.64. The van der Waals surface area contributed by atoms with Gasteiger partial charge in [0.1, 0.15) is 6.54 Å². The van der Waals surface area contributed by atoms with Gasteiger partial charge in [0.15, 0.2) is 5.13 Å². The van der Waals surface area contributed by atoms with E-state index >= 15 is 0 Å². The number of nitrogens with zero attached hydrogens (tertiary/aromatic N) is 2. The predicted octanol–water partition coefficient (Wildman–Crippen LogP) is 3.56. The quantitative estimate of drug-likeness (QED) is 0.693. The summed E-state index contributed by atoms with van der Waals surface area (Å²) in [5.74, 6) is -0.433. The summed E-state index contributed by atoms with van der Waals surface area (Å²) in [6.07, 6.45) is 3.48. The molecule has 1 fully saturated rings. The van der Waals surface area contributed by atoms with Gasteiger partial charge < -0.3 is 15.0 Å². The van der Waals surface area contributed by atoms with Gasteiger partial charge in [0.25, 0.3) is 5.91 Å². The Hall–Kier alpha value is -2.77. The van der Waals surface area contributed by atoms with Crippen LogP contribution in [0.5, 0.6) is 0 Å². The SMILES string of the molecule is O=C(CN(CC1CCCO1)C(=O)c1ccc2ccccc2c1)Nc1nccs1. The summed E-state index contributed by atoms with van der Waals surface area (Å²) < 4.78 is 5.69. The molecule has 1 N–H and O–H groups in total. The first-order valence-corrected chi connectivity index (χ1v) is 10.2. The standard InChI is InChI=1S/C21H21N3O3S/c25-19(23-21-22-9-11-28-21)14-24(13-18-6-3-10-27-18)20(26)17-8-7-15-4-1-2-5-16(15)12-17/h1-2,4-5,7-9,11-12,18H,3,6,10,13-14H2,(H,22,23,25). The van der Waals surface area contributed by atoms with Gasteiger partial charge in [0, 0.05) is 30.3 Å². The minimum atomic E-state index is -0.262. The van der Waals surface area contributed by atoms with Crippen molar-refractivity contribution in [2.24, 2.45) is 0 Å². The number of rotatable bonds is 6. The molecule has 4 rings (SSSR count). The maximum atomic E-state index is 13.2. The van der Waals surface area contributed by atoms with Crippen LogP contribution in [0.3, 0.4) is 0 Å². The second-order valence-electron chi connectivity index (χ2n) is 6.77. The van der Waals surface area contributed by atoms with Crippen LogP contribution in [-0.4, -0.2) is 47.5 Å². The van der Waals surface area contributed by atoms with E-state index in [-0.39, 0.29) is 24.5 Å². The smallest absolute Gasteiger partial charge is 0.254 e. The van der Waals surface area contributed by atoms with Gasteiger partial charge in [-0.3, -0.25) is 9.59 Å². The third kappa shape index (κ3) is 4.37. The fourth-order valence-corrected chi connectivity index (χ4v) is 3.92. The van der Waals surface area contributed by atoms with Gasteiger partial charge in [-0.2, -0.15) is 0 Å². The van der Waals surface area contributed by atoms with Crippen LogP contribution < -0.4 is 5.32 Å². The average molecular weight is 395 g/mol. The van der Waals surface area contributed by atoms with Crippen LogP contribution in [0.1, 0.15) is 23.2 Å². The van der Waals surface area contributed by atoms with E-state index in [0.29, 0.717) is 23.8 Å². The largest absolute Gasteiger partial charge is 0.376 e. The second-order valence-corrected chi connectivity index (χ2v) is 7.66. The number of aromatic nitrogens is 1. The number of thiazole rings is 1. The Balaban J connectivity index is 1.53. The maximum absolute atomic E-state index is 13.2. The van der Waals surface area contributed by atoms with Gasteiger partial charge in [-0.05, 0) is 35.7 Å². The van der Waals surface area contributed by atoms with E-state index in [1.54, 1.807) is 16.5 Å². The number of fused-ring (bicyclic) bond motifs is 1. The van der Waals surface area contributed by atoms with Crippen molar-refractivity contribution in [3.8, 4) is 0 Å². The van der Waals surface area contributed by atoms with E-state index in [2.05, 4.69) is 10.3 Å². The maximum Gasteiger partial charge on any atom is 0.254 e. The van der Waals surface area contributed by atoms with Crippen LogP contribution in [0.25, 0.3) is 10.8 Å². The van der Waals surface area contributed by atoms with Gasteiger partial charge in [-0.1, -0.05) is 30.3 Å². The lowest BCUT2D eigenvalue weighted by Gasteiger charge is -2.25. The fourth-order valence-electron chi connectivity index (χ4n) is 3.38. The molecule has 2 aromatic carbocycles. The zero-order valence-corrected chi connectivity index (χ0v) is 16.2. The highest BCUT2D eigenvalue weighted by atomic mass is 32.1. The molecule has 3 aromatic rings. The van der Waals surface area contributed by atoms with Crippen LogP contribution in [0.2, 0.25) is 0 Å². The van der Waals surface area contributed by atoms with Crippen molar-refractivity contribution in [1.29, 1.82) is 0 Å². The van der Waals surface area contributed by atoms with Crippen LogP contribution >= 0.6 is 11.3 Å². The molecule has 1 unspecified atom stereocenters. The van der Waals surface area contributed by atoms with Crippen LogP contribution in [0.15, 0.2) is 54.0 Å². The molecule has 6 nitrogen and oxygen atoms in total. The molecule has 1 aliphatic heterocycles. The van der Waals surface area contributed by atoms with Crippen LogP contribution in [0.4, 0.5) is 5.13 Å². The lowest BCUT2D eigenvalue weighted by molar-refractivity contribution is -0.117. The zero-order valence-electron chi connectivity index (χ0n) is 15.3. The number of anilines is 1. The van der Waals surface area contributed by atoms with Crippen molar-refractivity contribution in [3.05, 3.63) is 59.6 Å². The lowest BCUT2D eigenvalue weighted by Crippen LogP contribution is -2.42. The van der Waals surface area contributed by atoms with Crippen molar-refractivity contribution < 1.29 is 14.3 Å². The van der Waals surface area contributed by atoms with E-state index in [4.69, 9.17) is 4.74 Å². The highest BCUT2D eigenvalue weighted by molar-refractivity contribution is 7.13. The van der Waals surface area contributed by atoms with Crippen molar-refractivity contribution >= 4 is 39.1 Å². The number of amides is 2. The molecule has 0 bridgehead atoms. The molecule has 0 saturated carbocycles. The minimum absolute atomic E-state index is 0.0305. The third-order valence-corrected chi connectivity index (χ3v) is 5.43. The van der Waals surface area contributed by atoms with Crippen LogP contribution in [0, 0.1) is 0 Å². The van der Waals surface area contributed by atoms with Gasteiger partial charge in [0.05, 0.1) is 6.10 Å². The van der Waals surface area contributed by atoms with E-state index in [1.807, 2.05) is 42.5 Å². The number of carbonyl (C=O) groups is 2. The molecule has 1 aromatic heterocycles. The number of ether oxygens (including phenoxy) is 1. The monoisotopic (exact) mass is 395 g/mol. The molecule has 1 saturated heterocycles. The molecule has 28 heavy (non-hydrogen) atoms. The Morgan fingerprint density at radius 2 is 2.07 bits per heavy atom. The molecule has 0 aliphatic carbocycles. The Morgan fingerprint density at radius 3 is 2.82 bits per heavy atom. The number of hydrogen-bond donors (Lipinski definition) is 1. The number of carbonyl (C=O) groups excluding carboxylic acids is 2. The normalized spacial score (nSPS) is 16.2. The lowest BCUT2D eigenvalue weighted by atomic mass is 10.1. The van der Waals surface area contributed by atoms with Gasteiger partial charge in [0.2, 0.25) is 5.91 Å². The van der Waals surface area contributed by atoms with Gasteiger partial charge >= 0.3 is 0 Å². The summed E-state index contributed by atoms with van der Waals surface area (Å²) in [6, 6.07) is 13.5. The minimum Gasteiger partial charge on any atom is -0.376 e. The Labute approximate surface area is 167 Å².